The van der Waals surface area contributed by atoms with Gasteiger partial charge in [-0.1, -0.05) is 0 Å². The van der Waals surface area contributed by atoms with Crippen LogP contribution in [0.1, 0.15) is 5.56 Å². The molecule has 0 radical (unpaired) electrons. The first kappa shape index (κ1) is 14.0. The molecule has 1 rings (SSSR count). The lowest BCUT2D eigenvalue weighted by molar-refractivity contribution is 0.479. The van der Waals surface area contributed by atoms with Gasteiger partial charge in [-0.3, -0.25) is 0 Å². The van der Waals surface area contributed by atoms with Crippen LogP contribution in [-0.2, 0) is 10.0 Å². The SMILES string of the molecule is Cc1cc(N)ccc1S(=O)(=O)N(CC#N)CC#N. The Balaban J connectivity index is 3.28. The van der Waals surface area contributed by atoms with Crippen molar-refractivity contribution in [1.29, 1.82) is 10.5 Å². The van der Waals surface area contributed by atoms with Gasteiger partial charge in [0.05, 0.1) is 17.0 Å². The molecule has 18 heavy (non-hydrogen) atoms. The second-order valence-electron chi connectivity index (χ2n) is 3.61. The molecule has 1 aromatic carbocycles. The van der Waals surface area contributed by atoms with Crippen LogP contribution in [0, 0.1) is 29.6 Å². The number of nitrogens with zero attached hydrogens (tertiary/aromatic N) is 3. The number of rotatable bonds is 4. The Kier molecular flexibility index (Phi) is 4.27. The van der Waals surface area contributed by atoms with Gasteiger partial charge in [0.15, 0.2) is 0 Å². The summed E-state index contributed by atoms with van der Waals surface area (Å²) < 4.78 is 25.3. The fraction of sp³-hybridized carbons (Fsp3) is 0.273. The minimum absolute atomic E-state index is 0.0576. The zero-order valence-electron chi connectivity index (χ0n) is 9.79. The van der Waals surface area contributed by atoms with E-state index in [1.165, 1.54) is 18.2 Å². The molecule has 0 aromatic heterocycles. The number of sulfonamides is 1. The Morgan fingerprint density at radius 3 is 2.28 bits per heavy atom. The van der Waals surface area contributed by atoms with Crippen molar-refractivity contribution in [2.75, 3.05) is 18.8 Å². The van der Waals surface area contributed by atoms with Gasteiger partial charge in [0.25, 0.3) is 0 Å². The third-order valence-corrected chi connectivity index (χ3v) is 4.26. The Labute approximate surface area is 106 Å². The summed E-state index contributed by atoms with van der Waals surface area (Å²) in [6.45, 7) is 0.888. The highest BCUT2D eigenvalue weighted by atomic mass is 32.2. The number of hydrogen-bond donors (Lipinski definition) is 1. The molecule has 0 spiro atoms. The average Bonchev–Trinajstić information content (AvgIpc) is 2.28. The molecule has 0 aliphatic rings. The zero-order valence-corrected chi connectivity index (χ0v) is 10.6. The van der Waals surface area contributed by atoms with Crippen LogP contribution in [0.4, 0.5) is 5.69 Å². The van der Waals surface area contributed by atoms with E-state index in [1.807, 2.05) is 0 Å². The summed E-state index contributed by atoms with van der Waals surface area (Å²) in [6, 6.07) is 7.84. The molecule has 0 aliphatic carbocycles. The summed E-state index contributed by atoms with van der Waals surface area (Å²) >= 11 is 0. The highest BCUT2D eigenvalue weighted by Crippen LogP contribution is 2.21. The van der Waals surface area contributed by atoms with Gasteiger partial charge in [-0.2, -0.15) is 14.8 Å². The Morgan fingerprint density at radius 2 is 1.83 bits per heavy atom. The van der Waals surface area contributed by atoms with E-state index in [-0.39, 0.29) is 18.0 Å². The smallest absolute Gasteiger partial charge is 0.245 e. The van der Waals surface area contributed by atoms with E-state index in [1.54, 1.807) is 19.1 Å². The maximum atomic E-state index is 12.2. The maximum absolute atomic E-state index is 12.2. The summed E-state index contributed by atoms with van der Waals surface area (Å²) in [7, 11) is -3.84. The van der Waals surface area contributed by atoms with Gasteiger partial charge in [0, 0.05) is 5.69 Å². The molecule has 0 saturated carbocycles. The average molecular weight is 264 g/mol. The molecule has 0 heterocycles. The molecule has 1 aromatic rings. The fourth-order valence-electron chi connectivity index (χ4n) is 1.48. The van der Waals surface area contributed by atoms with E-state index >= 15 is 0 Å². The van der Waals surface area contributed by atoms with Gasteiger partial charge in [-0.25, -0.2) is 8.42 Å². The van der Waals surface area contributed by atoms with E-state index in [9.17, 15) is 8.42 Å². The van der Waals surface area contributed by atoms with Crippen molar-refractivity contribution < 1.29 is 8.42 Å². The highest BCUT2D eigenvalue weighted by molar-refractivity contribution is 7.89. The molecule has 0 atom stereocenters. The van der Waals surface area contributed by atoms with E-state index < -0.39 is 10.0 Å². The van der Waals surface area contributed by atoms with Gasteiger partial charge in [0.2, 0.25) is 10.0 Å². The minimum atomic E-state index is -3.84. The molecule has 6 nitrogen and oxygen atoms in total. The Bertz CT molecular complexity index is 609. The van der Waals surface area contributed by atoms with E-state index in [0.717, 1.165) is 4.31 Å². The predicted octanol–water partition coefficient (Wildman–Crippen LogP) is 0.615. The predicted molar refractivity (Wildman–Crippen MR) is 65.6 cm³/mol. The number of benzene rings is 1. The van der Waals surface area contributed by atoms with Crippen LogP contribution in [0.3, 0.4) is 0 Å². The largest absolute Gasteiger partial charge is 0.399 e. The molecule has 2 N–H and O–H groups in total. The molecule has 7 heteroatoms. The van der Waals surface area contributed by atoms with Crippen molar-refractivity contribution in [2.24, 2.45) is 0 Å². The molecule has 0 fully saturated rings. The first-order valence-electron chi connectivity index (χ1n) is 5.03. The third kappa shape index (κ3) is 2.77. The molecule has 0 aliphatic heterocycles. The standard InChI is InChI=1S/C11H12N4O2S/c1-9-8-10(14)2-3-11(9)18(16,17)15(6-4-12)7-5-13/h2-3,8H,6-7,14H2,1H3. The van der Waals surface area contributed by atoms with Crippen LogP contribution in [-0.4, -0.2) is 25.8 Å². The van der Waals surface area contributed by atoms with Gasteiger partial charge in [-0.15, -0.1) is 0 Å². The maximum Gasteiger partial charge on any atom is 0.245 e. The number of hydrogen-bond acceptors (Lipinski definition) is 5. The first-order valence-corrected chi connectivity index (χ1v) is 6.47. The van der Waals surface area contributed by atoms with Crippen LogP contribution in [0.2, 0.25) is 0 Å². The number of nitrogens with two attached hydrogens (primary N) is 1. The van der Waals surface area contributed by atoms with Gasteiger partial charge in [-0.05, 0) is 30.7 Å². The number of nitrogen functional groups attached to an aromatic ring is 1. The second-order valence-corrected chi connectivity index (χ2v) is 5.52. The lowest BCUT2D eigenvalue weighted by Crippen LogP contribution is -2.32. The van der Waals surface area contributed by atoms with E-state index in [0.29, 0.717) is 11.3 Å². The number of anilines is 1. The minimum Gasteiger partial charge on any atom is -0.399 e. The van der Waals surface area contributed by atoms with Crippen LogP contribution >= 0.6 is 0 Å². The topological polar surface area (TPSA) is 111 Å². The van der Waals surface area contributed by atoms with Crippen molar-refractivity contribution in [3.8, 4) is 12.1 Å². The quantitative estimate of drug-likeness (QED) is 0.632. The fourth-order valence-corrected chi connectivity index (χ4v) is 2.92. The Morgan fingerprint density at radius 1 is 1.28 bits per heavy atom. The van der Waals surface area contributed by atoms with Crippen LogP contribution in [0.5, 0.6) is 0 Å². The molecule has 0 bridgehead atoms. The van der Waals surface area contributed by atoms with Gasteiger partial charge < -0.3 is 5.73 Å². The molecule has 94 valence electrons. The summed E-state index contributed by atoms with van der Waals surface area (Å²) in [6.07, 6.45) is 0. The second kappa shape index (κ2) is 5.50. The van der Waals surface area contributed by atoms with Crippen molar-refractivity contribution in [1.82, 2.24) is 4.31 Å². The van der Waals surface area contributed by atoms with Gasteiger partial charge >= 0.3 is 0 Å². The lowest BCUT2D eigenvalue weighted by atomic mass is 10.2. The Hall–Kier alpha value is -2.09. The number of nitriles is 2. The van der Waals surface area contributed by atoms with E-state index in [4.69, 9.17) is 16.3 Å². The lowest BCUT2D eigenvalue weighted by Gasteiger charge is -2.17. The van der Waals surface area contributed by atoms with E-state index in [2.05, 4.69) is 0 Å². The van der Waals surface area contributed by atoms with Crippen molar-refractivity contribution >= 4 is 15.7 Å². The summed E-state index contributed by atoms with van der Waals surface area (Å²) in [5.41, 5.74) is 6.49. The summed E-state index contributed by atoms with van der Waals surface area (Å²) in [4.78, 5) is 0.0576. The third-order valence-electron chi connectivity index (χ3n) is 2.31. The molecule has 0 unspecified atom stereocenters. The van der Waals surface area contributed by atoms with Crippen LogP contribution < -0.4 is 5.73 Å². The number of aryl methyl sites for hydroxylation is 1. The van der Waals surface area contributed by atoms with Crippen LogP contribution in [0.25, 0.3) is 0 Å². The molecular weight excluding hydrogens is 252 g/mol. The summed E-state index contributed by atoms with van der Waals surface area (Å²) in [5, 5.41) is 17.2. The normalized spacial score (nSPS) is 10.9. The van der Waals surface area contributed by atoms with Crippen molar-refractivity contribution in [3.63, 3.8) is 0 Å². The molecular formula is C11H12N4O2S. The highest BCUT2D eigenvalue weighted by Gasteiger charge is 2.25. The van der Waals surface area contributed by atoms with Crippen molar-refractivity contribution in [2.45, 2.75) is 11.8 Å². The van der Waals surface area contributed by atoms with Gasteiger partial charge in [0.1, 0.15) is 13.1 Å². The van der Waals surface area contributed by atoms with Crippen LogP contribution in [0.15, 0.2) is 23.1 Å². The first-order chi connectivity index (χ1) is 8.43. The molecule has 0 amide bonds. The monoisotopic (exact) mass is 264 g/mol. The van der Waals surface area contributed by atoms with Crippen molar-refractivity contribution in [3.05, 3.63) is 23.8 Å². The zero-order chi connectivity index (χ0) is 13.8. The molecule has 0 saturated heterocycles. The summed E-state index contributed by atoms with van der Waals surface area (Å²) in [5.74, 6) is 0.